The van der Waals surface area contributed by atoms with Crippen molar-refractivity contribution in [1.82, 2.24) is 0 Å². The molecular formula is C38H46O6. The van der Waals surface area contributed by atoms with Crippen LogP contribution < -0.4 is 9.47 Å². The van der Waals surface area contributed by atoms with Crippen LogP contribution in [0.3, 0.4) is 0 Å². The molecule has 0 aromatic heterocycles. The van der Waals surface area contributed by atoms with Gasteiger partial charge in [-0.05, 0) is 110 Å². The van der Waals surface area contributed by atoms with Crippen LogP contribution in [0.4, 0.5) is 0 Å². The molecule has 0 saturated heterocycles. The Hall–Kier alpha value is -3.68. The first-order chi connectivity index (χ1) is 21.5. The lowest BCUT2D eigenvalue weighted by molar-refractivity contribution is -0.152. The summed E-state index contributed by atoms with van der Waals surface area (Å²) in [6, 6.07) is 29.5. The SMILES string of the molecule is CCOC(COc1ccc(-c2cccc(-c3cccc(-c4ccc(OCC(OCC)OCC)cc4)c3C)c2C)cc1)OCC. The first-order valence-electron chi connectivity index (χ1n) is 15.6. The first-order valence-corrected chi connectivity index (χ1v) is 15.6. The van der Waals surface area contributed by atoms with Crippen LogP contribution in [-0.2, 0) is 18.9 Å². The third kappa shape index (κ3) is 8.70. The fraction of sp³-hybridized carbons (Fsp3) is 0.368. The fourth-order valence-electron chi connectivity index (χ4n) is 5.30. The Morgan fingerprint density at radius 3 is 1.07 bits per heavy atom. The molecule has 0 N–H and O–H groups in total. The average Bonchev–Trinajstić information content (AvgIpc) is 3.04. The first kappa shape index (κ1) is 33.2. The van der Waals surface area contributed by atoms with Crippen molar-refractivity contribution >= 4 is 0 Å². The second kappa shape index (κ2) is 17.0. The van der Waals surface area contributed by atoms with E-state index < -0.39 is 0 Å². The van der Waals surface area contributed by atoms with E-state index in [4.69, 9.17) is 28.4 Å². The lowest BCUT2D eigenvalue weighted by Crippen LogP contribution is -2.25. The molecule has 234 valence electrons. The summed E-state index contributed by atoms with van der Waals surface area (Å²) >= 11 is 0. The molecule has 0 aliphatic heterocycles. The molecule has 44 heavy (non-hydrogen) atoms. The summed E-state index contributed by atoms with van der Waals surface area (Å²) in [5, 5.41) is 0. The summed E-state index contributed by atoms with van der Waals surface area (Å²) in [5.41, 5.74) is 9.57. The van der Waals surface area contributed by atoms with Gasteiger partial charge >= 0.3 is 0 Å². The molecule has 0 radical (unpaired) electrons. The summed E-state index contributed by atoms with van der Waals surface area (Å²) in [6.07, 6.45) is -0.735. The van der Waals surface area contributed by atoms with Crippen LogP contribution in [0.2, 0.25) is 0 Å². The number of benzene rings is 4. The highest BCUT2D eigenvalue weighted by molar-refractivity contribution is 5.83. The van der Waals surface area contributed by atoms with Crippen LogP contribution in [0.1, 0.15) is 38.8 Å². The monoisotopic (exact) mass is 598 g/mol. The molecule has 0 unspecified atom stereocenters. The Morgan fingerprint density at radius 1 is 0.432 bits per heavy atom. The van der Waals surface area contributed by atoms with E-state index in [2.05, 4.69) is 74.5 Å². The molecule has 0 heterocycles. The summed E-state index contributed by atoms with van der Waals surface area (Å²) < 4.78 is 34.2. The van der Waals surface area contributed by atoms with E-state index in [1.165, 1.54) is 33.4 Å². The van der Waals surface area contributed by atoms with Crippen molar-refractivity contribution < 1.29 is 28.4 Å². The Balaban J connectivity index is 1.51. The maximum absolute atomic E-state index is 5.94. The van der Waals surface area contributed by atoms with Crippen LogP contribution in [-0.4, -0.2) is 52.2 Å². The van der Waals surface area contributed by atoms with E-state index in [0.717, 1.165) is 22.6 Å². The predicted molar refractivity (Wildman–Crippen MR) is 177 cm³/mol. The van der Waals surface area contributed by atoms with Gasteiger partial charge in [-0.2, -0.15) is 0 Å². The zero-order chi connectivity index (χ0) is 31.3. The molecule has 0 atom stereocenters. The van der Waals surface area contributed by atoms with Gasteiger partial charge in [-0.3, -0.25) is 0 Å². The molecule has 0 saturated carbocycles. The van der Waals surface area contributed by atoms with E-state index in [-0.39, 0.29) is 12.6 Å². The molecular weight excluding hydrogens is 552 g/mol. The molecule has 0 amide bonds. The topological polar surface area (TPSA) is 55.4 Å². The highest BCUT2D eigenvalue weighted by Crippen LogP contribution is 2.37. The number of ether oxygens (including phenoxy) is 6. The summed E-state index contributed by atoms with van der Waals surface area (Å²) in [6.45, 7) is 15.2. The van der Waals surface area contributed by atoms with Crippen LogP contribution in [0, 0.1) is 13.8 Å². The van der Waals surface area contributed by atoms with Gasteiger partial charge in [0.2, 0.25) is 0 Å². The molecule has 6 nitrogen and oxygen atoms in total. The third-order valence-electron chi connectivity index (χ3n) is 7.47. The second-order valence-electron chi connectivity index (χ2n) is 10.3. The molecule has 6 heteroatoms. The van der Waals surface area contributed by atoms with Crippen molar-refractivity contribution in [3.05, 3.63) is 96.1 Å². The standard InChI is InChI=1S/C38H46O6/c1-7-39-37(40-8-2)25-43-31-21-17-29(18-22-31)33-13-11-15-35(27(33)5)36-16-12-14-34(28(36)6)30-19-23-32(24-20-30)44-26-38(41-9-3)42-10-4/h11-24,37-38H,7-10,25-26H2,1-6H3. The molecule has 0 aliphatic carbocycles. The number of hydrogen-bond donors (Lipinski definition) is 0. The molecule has 4 aromatic rings. The van der Waals surface area contributed by atoms with Gasteiger partial charge in [0.25, 0.3) is 0 Å². The Kier molecular flexibility index (Phi) is 12.8. The molecule has 0 spiro atoms. The van der Waals surface area contributed by atoms with E-state index in [0.29, 0.717) is 39.6 Å². The zero-order valence-corrected chi connectivity index (χ0v) is 26.9. The van der Waals surface area contributed by atoms with Crippen molar-refractivity contribution in [2.24, 2.45) is 0 Å². The maximum atomic E-state index is 5.94. The normalized spacial score (nSPS) is 11.4. The van der Waals surface area contributed by atoms with Crippen molar-refractivity contribution in [3.63, 3.8) is 0 Å². The van der Waals surface area contributed by atoms with Gasteiger partial charge in [-0.25, -0.2) is 0 Å². The summed E-state index contributed by atoms with van der Waals surface area (Å²) in [4.78, 5) is 0. The molecule has 4 rings (SSSR count). The zero-order valence-electron chi connectivity index (χ0n) is 26.9. The van der Waals surface area contributed by atoms with E-state index in [1.54, 1.807) is 0 Å². The van der Waals surface area contributed by atoms with E-state index in [1.807, 2.05) is 52.0 Å². The predicted octanol–water partition coefficient (Wildman–Crippen LogP) is 8.86. The molecule has 4 aromatic carbocycles. The van der Waals surface area contributed by atoms with Crippen molar-refractivity contribution in [1.29, 1.82) is 0 Å². The molecule has 0 fully saturated rings. The van der Waals surface area contributed by atoms with Gasteiger partial charge in [0.15, 0.2) is 12.6 Å². The van der Waals surface area contributed by atoms with Gasteiger partial charge in [0.05, 0.1) is 0 Å². The minimum Gasteiger partial charge on any atom is -0.488 e. The maximum Gasteiger partial charge on any atom is 0.191 e. The second-order valence-corrected chi connectivity index (χ2v) is 10.3. The Bertz CT molecular complexity index is 1310. The van der Waals surface area contributed by atoms with E-state index >= 15 is 0 Å². The van der Waals surface area contributed by atoms with Crippen LogP contribution in [0.15, 0.2) is 84.9 Å². The minimum absolute atomic E-state index is 0.350. The number of rotatable bonds is 17. The lowest BCUT2D eigenvalue weighted by Gasteiger charge is -2.18. The van der Waals surface area contributed by atoms with Gasteiger partial charge in [-0.15, -0.1) is 0 Å². The Morgan fingerprint density at radius 2 is 0.750 bits per heavy atom. The average molecular weight is 599 g/mol. The molecule has 0 bridgehead atoms. The smallest absolute Gasteiger partial charge is 0.191 e. The van der Waals surface area contributed by atoms with Crippen molar-refractivity contribution in [3.8, 4) is 44.9 Å². The summed E-state index contributed by atoms with van der Waals surface area (Å²) in [7, 11) is 0. The van der Waals surface area contributed by atoms with E-state index in [9.17, 15) is 0 Å². The van der Waals surface area contributed by atoms with Gasteiger partial charge < -0.3 is 28.4 Å². The third-order valence-corrected chi connectivity index (χ3v) is 7.47. The largest absolute Gasteiger partial charge is 0.488 e. The summed E-state index contributed by atoms with van der Waals surface area (Å²) in [5.74, 6) is 1.57. The minimum atomic E-state index is -0.368. The molecule has 0 aliphatic rings. The number of hydrogen-bond acceptors (Lipinski definition) is 6. The highest BCUT2D eigenvalue weighted by atomic mass is 16.7. The van der Waals surface area contributed by atoms with Crippen LogP contribution in [0.5, 0.6) is 11.5 Å². The quantitative estimate of drug-likeness (QED) is 0.113. The van der Waals surface area contributed by atoms with Crippen LogP contribution in [0.25, 0.3) is 33.4 Å². The van der Waals surface area contributed by atoms with Gasteiger partial charge in [0.1, 0.15) is 24.7 Å². The highest BCUT2D eigenvalue weighted by Gasteiger charge is 2.14. The van der Waals surface area contributed by atoms with Crippen LogP contribution >= 0.6 is 0 Å². The van der Waals surface area contributed by atoms with Crippen molar-refractivity contribution in [2.75, 3.05) is 39.6 Å². The van der Waals surface area contributed by atoms with Gasteiger partial charge in [-0.1, -0.05) is 60.7 Å². The van der Waals surface area contributed by atoms with Gasteiger partial charge in [0, 0.05) is 26.4 Å². The van der Waals surface area contributed by atoms with Crippen molar-refractivity contribution in [2.45, 2.75) is 54.1 Å². The lowest BCUT2D eigenvalue weighted by atomic mass is 9.88. The Labute approximate surface area is 262 Å². The fourth-order valence-corrected chi connectivity index (χ4v) is 5.30.